The van der Waals surface area contributed by atoms with Gasteiger partial charge in [0.1, 0.15) is 12.4 Å². The fraction of sp³-hybridized carbons (Fsp3) is 0.438. The molecular formula is C16H22N2O3. The monoisotopic (exact) mass is 290 g/mol. The Balaban J connectivity index is 2.00. The van der Waals surface area contributed by atoms with E-state index in [2.05, 4.69) is 11.9 Å². The molecule has 1 unspecified atom stereocenters. The summed E-state index contributed by atoms with van der Waals surface area (Å²) >= 11 is 0. The lowest BCUT2D eigenvalue weighted by Gasteiger charge is -2.32. The lowest BCUT2D eigenvalue weighted by Crippen LogP contribution is -2.43. The summed E-state index contributed by atoms with van der Waals surface area (Å²) in [4.78, 5) is 14.1. The van der Waals surface area contributed by atoms with Gasteiger partial charge in [-0.25, -0.2) is 4.79 Å². The largest absolute Gasteiger partial charge is 0.487 e. The minimum absolute atomic E-state index is 0.128. The maximum atomic E-state index is 12.3. The van der Waals surface area contributed by atoms with Gasteiger partial charge in [-0.3, -0.25) is 0 Å². The molecule has 21 heavy (non-hydrogen) atoms. The van der Waals surface area contributed by atoms with E-state index in [1.165, 1.54) is 0 Å². The number of carbonyl (C=O) groups excluding carboxylic acids is 1. The number of aliphatic hydroxyl groups excluding tert-OH is 1. The molecule has 0 spiro atoms. The van der Waals surface area contributed by atoms with Crippen LogP contribution in [-0.2, 0) is 0 Å². The number of aliphatic hydroxyl groups is 1. The highest BCUT2D eigenvalue weighted by Gasteiger charge is 2.23. The number of carbonyl (C=O) groups is 1. The van der Waals surface area contributed by atoms with Crippen molar-refractivity contribution in [1.29, 1.82) is 0 Å². The lowest BCUT2D eigenvalue weighted by molar-refractivity contribution is 0.136. The zero-order valence-electron chi connectivity index (χ0n) is 12.1. The number of amides is 2. The molecule has 2 rings (SSSR count). The first-order valence-electron chi connectivity index (χ1n) is 7.24. The fourth-order valence-electron chi connectivity index (χ4n) is 2.44. The van der Waals surface area contributed by atoms with Gasteiger partial charge in [0.2, 0.25) is 0 Å². The van der Waals surface area contributed by atoms with Crippen LogP contribution in [-0.4, -0.2) is 42.3 Å². The number of benzene rings is 1. The number of nitrogens with one attached hydrogen (secondary N) is 1. The Hall–Kier alpha value is -2.01. The van der Waals surface area contributed by atoms with Crippen LogP contribution in [0.15, 0.2) is 36.9 Å². The minimum atomic E-state index is -0.150. The summed E-state index contributed by atoms with van der Waals surface area (Å²) in [6.45, 7) is 5.45. The van der Waals surface area contributed by atoms with Gasteiger partial charge < -0.3 is 20.1 Å². The molecule has 1 heterocycles. The van der Waals surface area contributed by atoms with Crippen molar-refractivity contribution in [3.63, 3.8) is 0 Å². The van der Waals surface area contributed by atoms with Crippen LogP contribution in [0.1, 0.15) is 12.8 Å². The Morgan fingerprint density at radius 2 is 2.33 bits per heavy atom. The second-order valence-corrected chi connectivity index (χ2v) is 5.16. The second-order valence-electron chi connectivity index (χ2n) is 5.16. The van der Waals surface area contributed by atoms with Gasteiger partial charge >= 0.3 is 6.03 Å². The van der Waals surface area contributed by atoms with Gasteiger partial charge in [0, 0.05) is 19.7 Å². The summed E-state index contributed by atoms with van der Waals surface area (Å²) in [5, 5.41) is 12.1. The molecular weight excluding hydrogens is 268 g/mol. The van der Waals surface area contributed by atoms with Crippen molar-refractivity contribution in [2.75, 3.05) is 31.6 Å². The first-order valence-corrected chi connectivity index (χ1v) is 7.24. The number of rotatable bonds is 5. The summed E-state index contributed by atoms with van der Waals surface area (Å²) in [5.74, 6) is 0.804. The molecule has 1 aliphatic rings. The van der Waals surface area contributed by atoms with Crippen LogP contribution in [0.4, 0.5) is 10.5 Å². The first-order chi connectivity index (χ1) is 10.2. The van der Waals surface area contributed by atoms with Crippen molar-refractivity contribution in [1.82, 2.24) is 4.90 Å². The quantitative estimate of drug-likeness (QED) is 0.819. The average molecular weight is 290 g/mol. The summed E-state index contributed by atoms with van der Waals surface area (Å²) in [6.07, 6.45) is 3.56. The molecule has 0 saturated carbocycles. The fourth-order valence-corrected chi connectivity index (χ4v) is 2.44. The van der Waals surface area contributed by atoms with E-state index in [9.17, 15) is 9.90 Å². The number of piperidine rings is 1. The first kappa shape index (κ1) is 15.4. The average Bonchev–Trinajstić information content (AvgIpc) is 2.54. The van der Waals surface area contributed by atoms with E-state index in [-0.39, 0.29) is 18.6 Å². The van der Waals surface area contributed by atoms with Gasteiger partial charge in [0.05, 0.1) is 5.69 Å². The molecule has 1 saturated heterocycles. The number of hydrogen-bond acceptors (Lipinski definition) is 3. The smallest absolute Gasteiger partial charge is 0.321 e. The summed E-state index contributed by atoms with van der Waals surface area (Å²) < 4.78 is 5.53. The van der Waals surface area contributed by atoms with Crippen molar-refractivity contribution >= 4 is 11.7 Å². The minimum Gasteiger partial charge on any atom is -0.487 e. The second kappa shape index (κ2) is 7.69. The molecule has 0 radical (unpaired) electrons. The molecule has 5 nitrogen and oxygen atoms in total. The van der Waals surface area contributed by atoms with Crippen LogP contribution in [0.25, 0.3) is 0 Å². The van der Waals surface area contributed by atoms with E-state index in [1.807, 2.05) is 24.3 Å². The Morgan fingerprint density at radius 1 is 1.52 bits per heavy atom. The van der Waals surface area contributed by atoms with E-state index >= 15 is 0 Å². The Kier molecular flexibility index (Phi) is 5.63. The number of anilines is 1. The van der Waals surface area contributed by atoms with Crippen molar-refractivity contribution in [3.05, 3.63) is 36.9 Å². The Morgan fingerprint density at radius 3 is 3.10 bits per heavy atom. The summed E-state index contributed by atoms with van der Waals surface area (Å²) in [7, 11) is 0. The van der Waals surface area contributed by atoms with E-state index in [4.69, 9.17) is 4.74 Å². The molecule has 1 aromatic rings. The highest BCUT2D eigenvalue weighted by Crippen LogP contribution is 2.25. The number of ether oxygens (including phenoxy) is 1. The van der Waals surface area contributed by atoms with Gasteiger partial charge in [-0.1, -0.05) is 24.8 Å². The third-order valence-electron chi connectivity index (χ3n) is 3.55. The molecule has 0 aliphatic carbocycles. The van der Waals surface area contributed by atoms with Crippen LogP contribution < -0.4 is 10.1 Å². The van der Waals surface area contributed by atoms with E-state index < -0.39 is 0 Å². The maximum Gasteiger partial charge on any atom is 0.321 e. The van der Waals surface area contributed by atoms with Crippen molar-refractivity contribution < 1.29 is 14.6 Å². The molecule has 1 aliphatic heterocycles. The van der Waals surface area contributed by atoms with Crippen LogP contribution >= 0.6 is 0 Å². The highest BCUT2D eigenvalue weighted by molar-refractivity contribution is 5.91. The van der Waals surface area contributed by atoms with Crippen LogP contribution in [0.2, 0.25) is 0 Å². The van der Waals surface area contributed by atoms with Crippen LogP contribution in [0.5, 0.6) is 5.75 Å². The van der Waals surface area contributed by atoms with E-state index in [0.29, 0.717) is 24.6 Å². The predicted molar refractivity (Wildman–Crippen MR) is 82.5 cm³/mol. The normalized spacial score (nSPS) is 18.1. The molecule has 114 valence electrons. The summed E-state index contributed by atoms with van der Waals surface area (Å²) in [6, 6.07) is 7.18. The molecule has 5 heteroatoms. The van der Waals surface area contributed by atoms with Gasteiger partial charge in [0.15, 0.2) is 0 Å². The topological polar surface area (TPSA) is 61.8 Å². The molecule has 1 fully saturated rings. The standard InChI is InChI=1S/C16H22N2O3/c1-2-10-21-15-8-4-3-7-14(15)17-16(20)18-9-5-6-13(11-18)12-19/h2-4,7-8,13,19H,1,5-6,9-12H2,(H,17,20). The Bertz CT molecular complexity index is 490. The summed E-state index contributed by atoms with van der Waals surface area (Å²) in [5.41, 5.74) is 0.649. The van der Waals surface area contributed by atoms with E-state index in [1.54, 1.807) is 11.0 Å². The molecule has 1 atom stereocenters. The Labute approximate surface area is 125 Å². The van der Waals surface area contributed by atoms with Gasteiger partial charge in [-0.2, -0.15) is 0 Å². The van der Waals surface area contributed by atoms with Crippen molar-refractivity contribution in [2.24, 2.45) is 5.92 Å². The third kappa shape index (κ3) is 4.23. The van der Waals surface area contributed by atoms with Crippen LogP contribution in [0, 0.1) is 5.92 Å². The van der Waals surface area contributed by atoms with Gasteiger partial charge in [-0.15, -0.1) is 0 Å². The number of likely N-dealkylation sites (tertiary alicyclic amines) is 1. The molecule has 0 bridgehead atoms. The third-order valence-corrected chi connectivity index (χ3v) is 3.55. The maximum absolute atomic E-state index is 12.3. The zero-order valence-corrected chi connectivity index (χ0v) is 12.1. The van der Waals surface area contributed by atoms with E-state index in [0.717, 1.165) is 19.4 Å². The SMILES string of the molecule is C=CCOc1ccccc1NC(=O)N1CCCC(CO)C1. The number of hydrogen-bond donors (Lipinski definition) is 2. The zero-order chi connectivity index (χ0) is 15.1. The molecule has 2 N–H and O–H groups in total. The predicted octanol–water partition coefficient (Wildman–Crippen LogP) is 2.49. The number of urea groups is 1. The van der Waals surface area contributed by atoms with Gasteiger partial charge in [-0.05, 0) is 30.9 Å². The molecule has 0 aromatic heterocycles. The lowest BCUT2D eigenvalue weighted by atomic mass is 9.99. The number of nitrogens with zero attached hydrogens (tertiary/aromatic N) is 1. The highest BCUT2D eigenvalue weighted by atomic mass is 16.5. The van der Waals surface area contributed by atoms with Gasteiger partial charge in [0.25, 0.3) is 0 Å². The van der Waals surface area contributed by atoms with Crippen molar-refractivity contribution in [2.45, 2.75) is 12.8 Å². The van der Waals surface area contributed by atoms with Crippen LogP contribution in [0.3, 0.4) is 0 Å². The van der Waals surface area contributed by atoms with Crippen molar-refractivity contribution in [3.8, 4) is 5.75 Å². The number of para-hydroxylation sites is 2. The molecule has 2 amide bonds. The molecule has 1 aromatic carbocycles.